The molecule has 4 heteroatoms. The van der Waals surface area contributed by atoms with Gasteiger partial charge in [-0.2, -0.15) is 4.98 Å². The maximum absolute atomic E-state index is 6.08. The fraction of sp³-hybridized carbons (Fsp3) is 0.200. The molecule has 3 aromatic rings. The average Bonchev–Trinajstić information content (AvgIpc) is 2.57. The van der Waals surface area contributed by atoms with Gasteiger partial charge in [0.15, 0.2) is 0 Å². The van der Waals surface area contributed by atoms with Gasteiger partial charge in [-0.1, -0.05) is 49.4 Å². The lowest BCUT2D eigenvalue weighted by atomic mass is 10.0. The van der Waals surface area contributed by atoms with E-state index in [4.69, 9.17) is 10.5 Å². The lowest BCUT2D eigenvalue weighted by Gasteiger charge is -2.15. The molecule has 1 heterocycles. The van der Waals surface area contributed by atoms with E-state index < -0.39 is 0 Å². The molecule has 0 saturated heterocycles. The third-order valence-corrected chi connectivity index (χ3v) is 4.04. The summed E-state index contributed by atoms with van der Waals surface area (Å²) in [6.07, 6.45) is 0.755. The third kappa shape index (κ3) is 3.08. The summed E-state index contributed by atoms with van der Waals surface area (Å²) in [6.45, 7) is 6.14. The lowest BCUT2D eigenvalue weighted by molar-refractivity contribution is 0.453. The second-order valence-electron chi connectivity index (χ2n) is 5.75. The minimum Gasteiger partial charge on any atom is -0.438 e. The van der Waals surface area contributed by atoms with E-state index in [0.717, 1.165) is 40.1 Å². The van der Waals surface area contributed by atoms with Crippen LogP contribution in [0.5, 0.6) is 11.6 Å². The van der Waals surface area contributed by atoms with Crippen LogP contribution in [0.1, 0.15) is 23.6 Å². The summed E-state index contributed by atoms with van der Waals surface area (Å²) in [5.41, 5.74) is 11.0. The van der Waals surface area contributed by atoms with Gasteiger partial charge in [0.05, 0.1) is 5.69 Å². The Hall–Kier alpha value is -2.88. The number of rotatable bonds is 4. The summed E-state index contributed by atoms with van der Waals surface area (Å²) in [4.78, 5) is 8.83. The molecule has 2 N–H and O–H groups in total. The molecule has 0 aliphatic rings. The van der Waals surface area contributed by atoms with Crippen LogP contribution >= 0.6 is 0 Å². The van der Waals surface area contributed by atoms with Gasteiger partial charge in [0.2, 0.25) is 11.8 Å². The molecule has 3 rings (SSSR count). The van der Waals surface area contributed by atoms with Crippen molar-refractivity contribution in [1.82, 2.24) is 9.97 Å². The smallest absolute Gasteiger partial charge is 0.227 e. The minimum atomic E-state index is 0.217. The van der Waals surface area contributed by atoms with Crippen LogP contribution in [0.2, 0.25) is 0 Å². The Balaban J connectivity index is 2.14. The number of nitrogen functional groups attached to an aromatic ring is 1. The largest absolute Gasteiger partial charge is 0.438 e. The van der Waals surface area contributed by atoms with Gasteiger partial charge in [-0.15, -0.1) is 0 Å². The highest BCUT2D eigenvalue weighted by Crippen LogP contribution is 2.34. The molecule has 2 aromatic carbocycles. The maximum atomic E-state index is 6.08. The van der Waals surface area contributed by atoms with Crippen molar-refractivity contribution >= 4 is 5.95 Å². The Morgan fingerprint density at radius 1 is 0.917 bits per heavy atom. The second kappa shape index (κ2) is 6.71. The summed E-state index contributed by atoms with van der Waals surface area (Å²) in [7, 11) is 0. The van der Waals surface area contributed by atoms with Crippen LogP contribution in [0, 0.1) is 13.8 Å². The van der Waals surface area contributed by atoms with E-state index in [9.17, 15) is 0 Å². The number of aromatic nitrogens is 2. The average molecular weight is 319 g/mol. The topological polar surface area (TPSA) is 61.0 Å². The van der Waals surface area contributed by atoms with Crippen molar-refractivity contribution in [2.75, 3.05) is 5.73 Å². The normalized spacial score (nSPS) is 10.6. The van der Waals surface area contributed by atoms with Gasteiger partial charge in [0.25, 0.3) is 0 Å². The first-order valence-electron chi connectivity index (χ1n) is 8.06. The molecule has 0 unspecified atom stereocenters. The number of nitrogens with two attached hydrogens (primary N) is 1. The summed E-state index contributed by atoms with van der Waals surface area (Å²) < 4.78 is 6.08. The molecular formula is C20H21N3O. The molecule has 0 spiro atoms. The zero-order valence-corrected chi connectivity index (χ0v) is 14.2. The predicted molar refractivity (Wildman–Crippen MR) is 97.2 cm³/mol. The second-order valence-corrected chi connectivity index (χ2v) is 5.75. The van der Waals surface area contributed by atoms with Gasteiger partial charge in [0, 0.05) is 11.1 Å². The Kier molecular flexibility index (Phi) is 4.47. The molecule has 4 nitrogen and oxygen atoms in total. The molecular weight excluding hydrogens is 298 g/mol. The molecule has 0 aliphatic heterocycles. The minimum absolute atomic E-state index is 0.217. The molecule has 0 bridgehead atoms. The Labute approximate surface area is 142 Å². The van der Waals surface area contributed by atoms with Gasteiger partial charge >= 0.3 is 0 Å². The molecule has 24 heavy (non-hydrogen) atoms. The van der Waals surface area contributed by atoms with E-state index in [2.05, 4.69) is 29.9 Å². The number of hydrogen-bond acceptors (Lipinski definition) is 4. The number of benzene rings is 2. The molecule has 0 radical (unpaired) electrons. The number of anilines is 1. The molecule has 0 amide bonds. The quantitative estimate of drug-likeness (QED) is 0.757. The van der Waals surface area contributed by atoms with Crippen molar-refractivity contribution in [1.29, 1.82) is 0 Å². The first-order valence-corrected chi connectivity index (χ1v) is 8.06. The fourth-order valence-corrected chi connectivity index (χ4v) is 2.72. The fourth-order valence-electron chi connectivity index (χ4n) is 2.72. The van der Waals surface area contributed by atoms with E-state index in [-0.39, 0.29) is 5.95 Å². The van der Waals surface area contributed by atoms with Crippen LogP contribution in [0.25, 0.3) is 11.3 Å². The number of nitrogens with zero attached hydrogens (tertiary/aromatic N) is 2. The summed E-state index contributed by atoms with van der Waals surface area (Å²) in [6, 6.07) is 16.0. The SMILES string of the molecule is CCc1c(Oc2ccccc2C)nc(N)nc1-c1ccccc1C. The first kappa shape index (κ1) is 16.0. The Morgan fingerprint density at radius 2 is 1.58 bits per heavy atom. The maximum Gasteiger partial charge on any atom is 0.227 e. The summed E-state index contributed by atoms with van der Waals surface area (Å²) in [5, 5.41) is 0. The van der Waals surface area contributed by atoms with E-state index in [1.165, 1.54) is 0 Å². The van der Waals surface area contributed by atoms with Gasteiger partial charge in [-0.25, -0.2) is 4.98 Å². The van der Waals surface area contributed by atoms with E-state index in [0.29, 0.717) is 5.88 Å². The van der Waals surface area contributed by atoms with Crippen LogP contribution in [-0.4, -0.2) is 9.97 Å². The van der Waals surface area contributed by atoms with Crippen LogP contribution in [-0.2, 0) is 6.42 Å². The van der Waals surface area contributed by atoms with Gasteiger partial charge in [-0.3, -0.25) is 0 Å². The standard InChI is InChI=1S/C20H21N3O/c1-4-15-18(16-11-7-5-9-13(16)2)22-20(21)23-19(15)24-17-12-8-6-10-14(17)3/h5-12H,4H2,1-3H3,(H2,21,22,23). The van der Waals surface area contributed by atoms with Crippen molar-refractivity contribution in [3.63, 3.8) is 0 Å². The molecule has 122 valence electrons. The van der Waals surface area contributed by atoms with Crippen LogP contribution in [0.4, 0.5) is 5.95 Å². The molecule has 0 aliphatic carbocycles. The first-order chi connectivity index (χ1) is 11.6. The predicted octanol–water partition coefficient (Wildman–Crippen LogP) is 4.70. The zero-order chi connectivity index (χ0) is 17.1. The highest BCUT2D eigenvalue weighted by Gasteiger charge is 2.17. The number of hydrogen-bond donors (Lipinski definition) is 1. The van der Waals surface area contributed by atoms with Crippen molar-refractivity contribution in [2.45, 2.75) is 27.2 Å². The Morgan fingerprint density at radius 3 is 2.25 bits per heavy atom. The van der Waals surface area contributed by atoms with Crippen LogP contribution in [0.3, 0.4) is 0 Å². The van der Waals surface area contributed by atoms with E-state index in [1.54, 1.807) is 0 Å². The van der Waals surface area contributed by atoms with Crippen molar-refractivity contribution in [2.24, 2.45) is 0 Å². The molecule has 0 atom stereocenters. The van der Waals surface area contributed by atoms with Gasteiger partial charge in [-0.05, 0) is 37.5 Å². The highest BCUT2D eigenvalue weighted by atomic mass is 16.5. The summed E-state index contributed by atoms with van der Waals surface area (Å²) >= 11 is 0. The number of para-hydroxylation sites is 1. The molecule has 0 fully saturated rings. The third-order valence-electron chi connectivity index (χ3n) is 4.04. The van der Waals surface area contributed by atoms with E-state index >= 15 is 0 Å². The molecule has 0 saturated carbocycles. The number of aryl methyl sites for hydroxylation is 2. The molecule has 1 aromatic heterocycles. The van der Waals surface area contributed by atoms with Crippen molar-refractivity contribution in [3.05, 3.63) is 65.2 Å². The van der Waals surface area contributed by atoms with Crippen molar-refractivity contribution in [3.8, 4) is 22.9 Å². The van der Waals surface area contributed by atoms with Crippen LogP contribution < -0.4 is 10.5 Å². The lowest BCUT2D eigenvalue weighted by Crippen LogP contribution is -2.05. The number of ether oxygens (including phenoxy) is 1. The van der Waals surface area contributed by atoms with Gasteiger partial charge in [0.1, 0.15) is 5.75 Å². The zero-order valence-electron chi connectivity index (χ0n) is 14.2. The van der Waals surface area contributed by atoms with E-state index in [1.807, 2.05) is 49.4 Å². The van der Waals surface area contributed by atoms with Gasteiger partial charge < -0.3 is 10.5 Å². The summed E-state index contributed by atoms with van der Waals surface area (Å²) in [5.74, 6) is 1.52. The highest BCUT2D eigenvalue weighted by molar-refractivity contribution is 5.69. The van der Waals surface area contributed by atoms with Crippen LogP contribution in [0.15, 0.2) is 48.5 Å². The van der Waals surface area contributed by atoms with Crippen molar-refractivity contribution < 1.29 is 4.74 Å². The monoisotopic (exact) mass is 319 g/mol. The Bertz CT molecular complexity index is 875.